The molecule has 40 heavy (non-hydrogen) atoms. The summed E-state index contributed by atoms with van der Waals surface area (Å²) in [5, 5.41) is -0.280. The third-order valence-electron chi connectivity index (χ3n) is 7.28. The lowest BCUT2D eigenvalue weighted by Crippen LogP contribution is -2.47. The number of hydrogen-bond donors (Lipinski definition) is 0. The number of esters is 1. The monoisotopic (exact) mass is 560 g/mol. The molecule has 214 valence electrons. The Hall–Kier alpha value is -3.71. The maximum absolute atomic E-state index is 15.6. The first-order chi connectivity index (χ1) is 19.4. The summed E-state index contributed by atoms with van der Waals surface area (Å²) in [5.41, 5.74) is -2.05. The molecule has 0 spiro atoms. The molecule has 2 aliphatic heterocycles. The van der Waals surface area contributed by atoms with E-state index in [1.807, 2.05) is 4.90 Å². The molecule has 0 amide bonds. The SMILES string of the molecule is CCn1cc(C(=O)OCCN2CCOCC2)c(=O)c2cc(F)c(N3CCN(c4ncccn4)CC3)c(C(F)F)c21. The highest BCUT2D eigenvalue weighted by molar-refractivity contribution is 5.96. The van der Waals surface area contributed by atoms with Gasteiger partial charge in [-0.2, -0.15) is 0 Å². The van der Waals surface area contributed by atoms with E-state index in [0.29, 0.717) is 51.9 Å². The van der Waals surface area contributed by atoms with Gasteiger partial charge in [-0.05, 0) is 19.1 Å². The highest BCUT2D eigenvalue weighted by Crippen LogP contribution is 2.38. The molecule has 5 rings (SSSR count). The van der Waals surface area contributed by atoms with Crippen LogP contribution < -0.4 is 15.2 Å². The van der Waals surface area contributed by atoms with Crippen molar-refractivity contribution in [3.63, 3.8) is 0 Å². The summed E-state index contributed by atoms with van der Waals surface area (Å²) in [6.07, 6.45) is 1.41. The van der Waals surface area contributed by atoms with Crippen LogP contribution in [0.4, 0.5) is 24.8 Å². The molecular formula is C27H31F3N6O4. The number of ether oxygens (including phenoxy) is 2. The first-order valence-electron chi connectivity index (χ1n) is 13.3. The molecule has 0 unspecified atom stereocenters. The fourth-order valence-corrected chi connectivity index (χ4v) is 5.23. The molecule has 2 aliphatic rings. The Kier molecular flexibility index (Phi) is 8.50. The number of fused-ring (bicyclic) bond motifs is 1. The van der Waals surface area contributed by atoms with Gasteiger partial charge in [0.25, 0.3) is 6.43 Å². The summed E-state index contributed by atoms with van der Waals surface area (Å²) in [6, 6.07) is 2.66. The van der Waals surface area contributed by atoms with Crippen molar-refractivity contribution in [3.05, 3.63) is 57.9 Å². The molecular weight excluding hydrogens is 529 g/mol. The van der Waals surface area contributed by atoms with Gasteiger partial charge in [0.2, 0.25) is 11.4 Å². The van der Waals surface area contributed by atoms with Crippen molar-refractivity contribution in [2.45, 2.75) is 19.9 Å². The van der Waals surface area contributed by atoms with Gasteiger partial charge >= 0.3 is 5.97 Å². The van der Waals surface area contributed by atoms with Crippen molar-refractivity contribution in [2.75, 3.05) is 75.4 Å². The van der Waals surface area contributed by atoms with E-state index in [0.717, 1.165) is 6.07 Å². The van der Waals surface area contributed by atoms with Crippen molar-refractivity contribution in [2.24, 2.45) is 0 Å². The molecule has 2 fully saturated rings. The fraction of sp³-hybridized carbons (Fsp3) is 0.481. The van der Waals surface area contributed by atoms with Crippen LogP contribution in [0.3, 0.4) is 0 Å². The van der Waals surface area contributed by atoms with Crippen LogP contribution in [0, 0.1) is 5.82 Å². The number of alkyl halides is 2. The van der Waals surface area contributed by atoms with Gasteiger partial charge < -0.3 is 23.8 Å². The van der Waals surface area contributed by atoms with Crippen LogP contribution in [-0.2, 0) is 16.0 Å². The van der Waals surface area contributed by atoms with Crippen LogP contribution in [0.5, 0.6) is 0 Å². The van der Waals surface area contributed by atoms with E-state index in [1.54, 1.807) is 30.3 Å². The van der Waals surface area contributed by atoms with E-state index < -0.39 is 29.2 Å². The highest BCUT2D eigenvalue weighted by Gasteiger charge is 2.31. The van der Waals surface area contributed by atoms with Crippen molar-refractivity contribution >= 4 is 28.5 Å². The minimum absolute atomic E-state index is 0.0536. The minimum Gasteiger partial charge on any atom is -0.461 e. The van der Waals surface area contributed by atoms with Crippen LogP contribution in [0.15, 0.2) is 35.5 Å². The molecule has 3 aromatic rings. The molecule has 0 bridgehead atoms. The van der Waals surface area contributed by atoms with Gasteiger partial charge in [-0.25, -0.2) is 27.9 Å². The minimum atomic E-state index is -3.06. The summed E-state index contributed by atoms with van der Waals surface area (Å²) < 4.78 is 56.9. The van der Waals surface area contributed by atoms with Crippen LogP contribution in [0.2, 0.25) is 0 Å². The summed E-state index contributed by atoms with van der Waals surface area (Å²) in [6.45, 7) is 6.33. The second-order valence-corrected chi connectivity index (χ2v) is 9.59. The van der Waals surface area contributed by atoms with Crippen LogP contribution in [0.25, 0.3) is 10.9 Å². The molecule has 2 aromatic heterocycles. The Morgan fingerprint density at radius 3 is 2.40 bits per heavy atom. The Bertz CT molecular complexity index is 1410. The molecule has 10 nitrogen and oxygen atoms in total. The lowest BCUT2D eigenvalue weighted by molar-refractivity contribution is 0.0195. The molecule has 0 atom stereocenters. The van der Waals surface area contributed by atoms with Crippen molar-refractivity contribution in [1.29, 1.82) is 0 Å². The standard InChI is InChI=1S/C27H31F3N6O4/c1-2-34-17-19(26(38)40-15-12-33-10-13-39-14-11-33)24(37)18-16-20(28)23(21(22(18)34)25(29)30)35-6-8-36(9-7-35)27-31-4-3-5-32-27/h3-5,16-17,25H,2,6-15H2,1H3. The van der Waals surface area contributed by atoms with E-state index >= 15 is 4.39 Å². The zero-order valence-electron chi connectivity index (χ0n) is 22.2. The number of pyridine rings is 1. The zero-order valence-corrected chi connectivity index (χ0v) is 22.2. The van der Waals surface area contributed by atoms with E-state index in [9.17, 15) is 18.4 Å². The molecule has 0 aliphatic carbocycles. The predicted molar refractivity (Wildman–Crippen MR) is 143 cm³/mol. The maximum Gasteiger partial charge on any atom is 0.343 e. The lowest BCUT2D eigenvalue weighted by Gasteiger charge is -2.37. The number of aryl methyl sites for hydroxylation is 1. The average molecular weight is 561 g/mol. The number of rotatable bonds is 8. The number of piperazine rings is 1. The van der Waals surface area contributed by atoms with Gasteiger partial charge in [0, 0.05) is 70.9 Å². The Morgan fingerprint density at radius 2 is 1.75 bits per heavy atom. The van der Waals surface area contributed by atoms with E-state index in [-0.39, 0.29) is 48.4 Å². The van der Waals surface area contributed by atoms with Crippen LogP contribution in [0.1, 0.15) is 29.3 Å². The Balaban J connectivity index is 1.45. The Morgan fingerprint density at radius 1 is 1.07 bits per heavy atom. The molecule has 4 heterocycles. The number of carbonyl (C=O) groups is 1. The average Bonchev–Trinajstić information content (AvgIpc) is 2.98. The van der Waals surface area contributed by atoms with Gasteiger partial charge in [-0.15, -0.1) is 0 Å². The number of halogens is 3. The van der Waals surface area contributed by atoms with Gasteiger partial charge in [0.15, 0.2) is 0 Å². The second kappa shape index (κ2) is 12.2. The lowest BCUT2D eigenvalue weighted by atomic mass is 10.0. The second-order valence-electron chi connectivity index (χ2n) is 9.59. The van der Waals surface area contributed by atoms with Crippen LogP contribution >= 0.6 is 0 Å². The smallest absolute Gasteiger partial charge is 0.343 e. The number of benzene rings is 1. The highest BCUT2D eigenvalue weighted by atomic mass is 19.3. The van der Waals surface area contributed by atoms with Gasteiger partial charge in [0.05, 0.1) is 35.4 Å². The topological polar surface area (TPSA) is 93.0 Å². The number of hydrogen-bond acceptors (Lipinski definition) is 9. The largest absolute Gasteiger partial charge is 0.461 e. The molecule has 1 aromatic carbocycles. The van der Waals surface area contributed by atoms with Gasteiger partial charge in [0.1, 0.15) is 18.0 Å². The van der Waals surface area contributed by atoms with Crippen molar-refractivity contribution in [1.82, 2.24) is 19.4 Å². The third-order valence-corrected chi connectivity index (χ3v) is 7.28. The number of aromatic nitrogens is 3. The number of morpholine rings is 1. The van der Waals surface area contributed by atoms with E-state index in [4.69, 9.17) is 9.47 Å². The van der Waals surface area contributed by atoms with Gasteiger partial charge in [-0.3, -0.25) is 9.69 Å². The maximum atomic E-state index is 15.6. The predicted octanol–water partition coefficient (Wildman–Crippen LogP) is 2.70. The summed E-state index contributed by atoms with van der Waals surface area (Å²) >= 11 is 0. The molecule has 0 saturated carbocycles. The summed E-state index contributed by atoms with van der Waals surface area (Å²) in [5.74, 6) is -1.30. The zero-order chi connectivity index (χ0) is 28.2. The normalized spacial score (nSPS) is 16.6. The molecule has 0 radical (unpaired) electrons. The van der Waals surface area contributed by atoms with Crippen molar-refractivity contribution in [3.8, 4) is 0 Å². The van der Waals surface area contributed by atoms with Crippen molar-refractivity contribution < 1.29 is 27.4 Å². The molecule has 13 heteroatoms. The Labute approximate surface area is 228 Å². The number of anilines is 2. The fourth-order valence-electron chi connectivity index (χ4n) is 5.23. The first kappa shape index (κ1) is 27.8. The van der Waals surface area contributed by atoms with Crippen LogP contribution in [-0.4, -0.2) is 91.0 Å². The molecule has 2 saturated heterocycles. The third kappa shape index (κ3) is 5.61. The van der Waals surface area contributed by atoms with E-state index in [2.05, 4.69) is 14.9 Å². The van der Waals surface area contributed by atoms with Gasteiger partial charge in [-0.1, -0.05) is 0 Å². The van der Waals surface area contributed by atoms with E-state index in [1.165, 1.54) is 10.8 Å². The quantitative estimate of drug-likeness (QED) is 0.386. The number of carbonyl (C=O) groups excluding carboxylic acids is 1. The molecule has 0 N–H and O–H groups in total. The first-order valence-corrected chi connectivity index (χ1v) is 13.3. The summed E-state index contributed by atoms with van der Waals surface area (Å²) in [4.78, 5) is 40.1. The number of nitrogens with zero attached hydrogens (tertiary/aromatic N) is 6. The summed E-state index contributed by atoms with van der Waals surface area (Å²) in [7, 11) is 0.